The summed E-state index contributed by atoms with van der Waals surface area (Å²) in [6, 6.07) is 6.51. The van der Waals surface area contributed by atoms with E-state index in [1.807, 2.05) is 6.92 Å². The van der Waals surface area contributed by atoms with Crippen LogP contribution < -0.4 is 0 Å². The average Bonchev–Trinajstić information content (AvgIpc) is 2.37. The SMILES string of the molecule is CCCC([O])c1ccccc1C(Cl)(Cl)C(Cl)(Cl)C(Cl)(Cl)Cl. The molecule has 21 heavy (non-hydrogen) atoms. The van der Waals surface area contributed by atoms with Crippen LogP contribution in [0.15, 0.2) is 24.3 Å². The number of benzene rings is 1. The van der Waals surface area contributed by atoms with E-state index in [9.17, 15) is 5.11 Å². The Morgan fingerprint density at radius 1 is 1.00 bits per heavy atom. The van der Waals surface area contributed by atoms with Crippen molar-refractivity contribution in [1.29, 1.82) is 0 Å². The second kappa shape index (κ2) is 7.40. The van der Waals surface area contributed by atoms with Crippen LogP contribution in [0.1, 0.15) is 37.0 Å². The van der Waals surface area contributed by atoms with Crippen molar-refractivity contribution >= 4 is 81.2 Å². The summed E-state index contributed by atoms with van der Waals surface area (Å²) >= 11 is 42.1. The van der Waals surface area contributed by atoms with E-state index >= 15 is 0 Å². The summed E-state index contributed by atoms with van der Waals surface area (Å²) in [7, 11) is 0. The van der Waals surface area contributed by atoms with Crippen molar-refractivity contribution in [3.63, 3.8) is 0 Å². The maximum absolute atomic E-state index is 12.3. The molecule has 1 rings (SSSR count). The van der Waals surface area contributed by atoms with Crippen LogP contribution in [0.25, 0.3) is 0 Å². The van der Waals surface area contributed by atoms with Gasteiger partial charge in [-0.05, 0) is 17.5 Å². The number of alkyl halides is 7. The fourth-order valence-corrected chi connectivity index (χ4v) is 3.38. The average molecular weight is 432 g/mol. The van der Waals surface area contributed by atoms with E-state index in [1.54, 1.807) is 24.3 Å². The summed E-state index contributed by atoms with van der Waals surface area (Å²) in [6.45, 7) is 1.90. The predicted molar refractivity (Wildman–Crippen MR) is 92.9 cm³/mol. The summed E-state index contributed by atoms with van der Waals surface area (Å²) in [5.74, 6) is 0. The van der Waals surface area contributed by atoms with Crippen LogP contribution in [0.5, 0.6) is 0 Å². The lowest BCUT2D eigenvalue weighted by Crippen LogP contribution is -2.45. The minimum absolute atomic E-state index is 0.234. The van der Waals surface area contributed by atoms with Gasteiger partial charge in [0.05, 0.1) is 0 Å². The molecule has 0 saturated carbocycles. The van der Waals surface area contributed by atoms with Crippen LogP contribution in [0.2, 0.25) is 0 Å². The van der Waals surface area contributed by atoms with Crippen LogP contribution in [0.4, 0.5) is 0 Å². The highest BCUT2D eigenvalue weighted by atomic mass is 35.6. The molecule has 1 aromatic carbocycles. The van der Waals surface area contributed by atoms with Gasteiger partial charge in [-0.1, -0.05) is 119 Å². The maximum atomic E-state index is 12.3. The first-order valence-electron chi connectivity index (χ1n) is 6.04. The fraction of sp³-hybridized carbons (Fsp3) is 0.538. The molecule has 0 saturated heterocycles. The molecule has 0 aromatic heterocycles. The molecule has 1 aromatic rings. The van der Waals surface area contributed by atoms with Crippen molar-refractivity contribution in [3.05, 3.63) is 35.4 Å². The molecular weight excluding hydrogens is 420 g/mol. The Labute approximate surface area is 159 Å². The van der Waals surface area contributed by atoms with Gasteiger partial charge in [-0.2, -0.15) is 0 Å². The van der Waals surface area contributed by atoms with E-state index in [-0.39, 0.29) is 5.56 Å². The molecular formula is C13H12Cl7O. The maximum Gasteiger partial charge on any atom is 0.226 e. The minimum atomic E-state index is -2.16. The van der Waals surface area contributed by atoms with Gasteiger partial charge in [-0.3, -0.25) is 0 Å². The third kappa shape index (κ3) is 4.19. The Balaban J connectivity index is 3.39. The number of hydrogen-bond acceptors (Lipinski definition) is 0. The minimum Gasteiger partial charge on any atom is -0.228 e. The van der Waals surface area contributed by atoms with Gasteiger partial charge in [0.1, 0.15) is 6.10 Å². The van der Waals surface area contributed by atoms with Crippen molar-refractivity contribution in [2.24, 2.45) is 0 Å². The van der Waals surface area contributed by atoms with Gasteiger partial charge in [0.2, 0.25) is 8.13 Å². The topological polar surface area (TPSA) is 19.9 Å². The second-order valence-electron chi connectivity index (χ2n) is 4.51. The lowest BCUT2D eigenvalue weighted by molar-refractivity contribution is 0.0795. The third-order valence-electron chi connectivity index (χ3n) is 2.95. The van der Waals surface area contributed by atoms with E-state index in [1.165, 1.54) is 0 Å². The number of halogens is 7. The van der Waals surface area contributed by atoms with Crippen LogP contribution in [-0.4, -0.2) is 8.13 Å². The zero-order valence-electron chi connectivity index (χ0n) is 10.9. The van der Waals surface area contributed by atoms with Crippen LogP contribution in [-0.2, 0) is 9.44 Å². The van der Waals surface area contributed by atoms with Crippen molar-refractivity contribution in [1.82, 2.24) is 0 Å². The van der Waals surface area contributed by atoms with Crippen molar-refractivity contribution in [2.75, 3.05) is 0 Å². The van der Waals surface area contributed by atoms with Gasteiger partial charge in [-0.25, -0.2) is 5.11 Å². The van der Waals surface area contributed by atoms with Gasteiger partial charge in [0.15, 0.2) is 4.33 Å². The highest BCUT2D eigenvalue weighted by Gasteiger charge is 2.61. The van der Waals surface area contributed by atoms with E-state index in [0.717, 1.165) is 0 Å². The molecule has 1 atom stereocenters. The Kier molecular flexibility index (Phi) is 7.14. The van der Waals surface area contributed by atoms with Crippen LogP contribution >= 0.6 is 81.2 Å². The Morgan fingerprint density at radius 2 is 1.52 bits per heavy atom. The van der Waals surface area contributed by atoms with Gasteiger partial charge < -0.3 is 0 Å². The molecule has 0 aliphatic heterocycles. The van der Waals surface area contributed by atoms with E-state index < -0.39 is 18.6 Å². The first kappa shape index (κ1) is 20.3. The standard InChI is InChI=1S/C13H12Cl7O/c1-2-5-10(21)8-6-3-4-7-9(8)11(14,15)12(16,17)13(18,19)20/h3-4,6-7,10H,2,5H2,1H3. The molecule has 0 bridgehead atoms. The molecule has 8 heteroatoms. The molecule has 1 nitrogen and oxygen atoms in total. The van der Waals surface area contributed by atoms with E-state index in [0.29, 0.717) is 18.4 Å². The first-order valence-corrected chi connectivity index (χ1v) is 8.69. The highest BCUT2D eigenvalue weighted by molar-refractivity contribution is 6.78. The summed E-state index contributed by atoms with van der Waals surface area (Å²) in [4.78, 5) is 0. The lowest BCUT2D eigenvalue weighted by atomic mass is 9.95. The second-order valence-corrected chi connectivity index (χ2v) is 9.45. The van der Waals surface area contributed by atoms with Crippen molar-refractivity contribution in [2.45, 2.75) is 38.3 Å². The third-order valence-corrected chi connectivity index (χ3v) is 6.87. The van der Waals surface area contributed by atoms with E-state index in [2.05, 4.69) is 0 Å². The molecule has 0 aliphatic rings. The molecule has 1 unspecified atom stereocenters. The molecule has 0 fully saturated rings. The van der Waals surface area contributed by atoms with Crippen molar-refractivity contribution in [3.8, 4) is 0 Å². The zero-order chi connectivity index (χ0) is 16.5. The number of hydrogen-bond donors (Lipinski definition) is 0. The summed E-state index contributed by atoms with van der Waals surface area (Å²) in [5.41, 5.74) is 0.613. The quantitative estimate of drug-likeness (QED) is 0.441. The Morgan fingerprint density at radius 3 is 2.00 bits per heavy atom. The predicted octanol–water partition coefficient (Wildman–Crippen LogP) is 7.13. The van der Waals surface area contributed by atoms with Crippen LogP contribution in [0.3, 0.4) is 0 Å². The zero-order valence-corrected chi connectivity index (χ0v) is 16.1. The summed E-state index contributed by atoms with van der Waals surface area (Å²) in [6.07, 6.45) is 0.0893. The normalized spacial score (nSPS) is 15.1. The molecule has 0 N–H and O–H groups in total. The molecule has 0 aliphatic carbocycles. The molecule has 0 spiro atoms. The molecule has 1 radical (unpaired) electrons. The van der Waals surface area contributed by atoms with E-state index in [4.69, 9.17) is 81.2 Å². The number of rotatable bonds is 5. The van der Waals surface area contributed by atoms with Crippen LogP contribution in [0, 0.1) is 0 Å². The van der Waals surface area contributed by atoms with Gasteiger partial charge >= 0.3 is 0 Å². The first-order chi connectivity index (χ1) is 9.46. The fourth-order valence-electron chi connectivity index (χ4n) is 1.83. The molecule has 119 valence electrons. The van der Waals surface area contributed by atoms with Crippen molar-refractivity contribution < 1.29 is 5.11 Å². The van der Waals surface area contributed by atoms with Gasteiger partial charge in [-0.15, -0.1) is 0 Å². The monoisotopic (exact) mass is 429 g/mol. The summed E-state index contributed by atoms with van der Waals surface area (Å²) in [5, 5.41) is 12.3. The van der Waals surface area contributed by atoms with Gasteiger partial charge in [0, 0.05) is 0 Å². The molecule has 0 amide bonds. The lowest BCUT2D eigenvalue weighted by Gasteiger charge is -2.39. The highest BCUT2D eigenvalue weighted by Crippen LogP contribution is 2.61. The molecule has 0 heterocycles. The van der Waals surface area contributed by atoms with Gasteiger partial charge in [0.25, 0.3) is 0 Å². The largest absolute Gasteiger partial charge is 0.228 e. The Bertz CT molecular complexity index is 482. The summed E-state index contributed by atoms with van der Waals surface area (Å²) < 4.78 is -6.29. The smallest absolute Gasteiger partial charge is 0.226 e. The Hall–Kier alpha value is 1.21.